The summed E-state index contributed by atoms with van der Waals surface area (Å²) in [6, 6.07) is 0. The third-order valence-corrected chi connectivity index (χ3v) is 7.17. The van der Waals surface area contributed by atoms with E-state index in [-0.39, 0.29) is 11.5 Å². The Morgan fingerprint density at radius 2 is 1.96 bits per heavy atom. The number of hydrogen-bond acceptors (Lipinski definition) is 6. The van der Waals surface area contributed by atoms with E-state index >= 15 is 0 Å². The van der Waals surface area contributed by atoms with Gasteiger partial charge in [-0.05, 0) is 47.1 Å². The number of rotatable bonds is 5. The van der Waals surface area contributed by atoms with Crippen molar-refractivity contribution in [3.63, 3.8) is 0 Å². The molecule has 0 aliphatic carbocycles. The molecule has 0 aromatic carbocycles. The maximum absolute atomic E-state index is 13.0. The number of carbonyl (C=O) groups excluding carboxylic acids is 1. The summed E-state index contributed by atoms with van der Waals surface area (Å²) in [5.41, 5.74) is 3.37. The van der Waals surface area contributed by atoms with Gasteiger partial charge in [-0.1, -0.05) is 11.8 Å². The quantitative estimate of drug-likeness (QED) is 0.505. The molecule has 150 valence electrons. The number of amides is 1. The zero-order valence-corrected chi connectivity index (χ0v) is 18.8. The van der Waals surface area contributed by atoms with Crippen LogP contribution in [0.25, 0.3) is 10.2 Å². The van der Waals surface area contributed by atoms with Gasteiger partial charge in [0.25, 0.3) is 5.56 Å². The van der Waals surface area contributed by atoms with E-state index in [1.165, 1.54) is 23.1 Å². The molecular formula is C19H25N5O2S2. The van der Waals surface area contributed by atoms with Gasteiger partial charge in [0, 0.05) is 18.5 Å². The van der Waals surface area contributed by atoms with Crippen molar-refractivity contribution in [1.82, 2.24) is 19.3 Å². The Hall–Kier alpha value is -2.13. The summed E-state index contributed by atoms with van der Waals surface area (Å²) in [5, 5.41) is 8.14. The van der Waals surface area contributed by atoms with Crippen molar-refractivity contribution < 1.29 is 4.79 Å². The van der Waals surface area contributed by atoms with Crippen LogP contribution in [-0.2, 0) is 18.4 Å². The van der Waals surface area contributed by atoms with Crippen LogP contribution in [0.1, 0.15) is 35.7 Å². The van der Waals surface area contributed by atoms with Crippen LogP contribution in [0.4, 0.5) is 5.69 Å². The fraction of sp³-hybridized carbons (Fsp3) is 0.474. The van der Waals surface area contributed by atoms with Crippen LogP contribution in [0, 0.1) is 27.7 Å². The molecule has 0 fully saturated rings. The van der Waals surface area contributed by atoms with E-state index in [1.807, 2.05) is 48.6 Å². The first kappa shape index (κ1) is 20.6. The molecule has 0 radical (unpaired) electrons. The summed E-state index contributed by atoms with van der Waals surface area (Å²) in [5.74, 6) is -0.139. The van der Waals surface area contributed by atoms with Gasteiger partial charge >= 0.3 is 0 Å². The molecule has 0 spiro atoms. The summed E-state index contributed by atoms with van der Waals surface area (Å²) in [6.45, 7) is 12.0. The van der Waals surface area contributed by atoms with Gasteiger partial charge in [0.2, 0.25) is 5.91 Å². The Balaban J connectivity index is 1.91. The van der Waals surface area contributed by atoms with Crippen molar-refractivity contribution in [2.45, 2.75) is 58.5 Å². The monoisotopic (exact) mass is 419 g/mol. The summed E-state index contributed by atoms with van der Waals surface area (Å²) >= 11 is 2.83. The summed E-state index contributed by atoms with van der Waals surface area (Å²) < 4.78 is 3.39. The molecule has 0 saturated heterocycles. The van der Waals surface area contributed by atoms with Crippen molar-refractivity contribution in [2.24, 2.45) is 7.05 Å². The highest BCUT2D eigenvalue weighted by molar-refractivity contribution is 8.00. The van der Waals surface area contributed by atoms with Crippen LogP contribution >= 0.6 is 23.1 Å². The minimum Gasteiger partial charge on any atom is -0.322 e. The molecular weight excluding hydrogens is 394 g/mol. The standard InChI is InChI=1S/C19H25N5O2S2/c1-8-24-18(26)14-9(2)12(5)27-17(14)21-19(24)28-13(6)16(25)20-15-10(3)22-23(7)11(15)4/h13H,8H2,1-7H3,(H,20,25)/t13-/m0/s1. The highest BCUT2D eigenvalue weighted by Gasteiger charge is 2.22. The van der Waals surface area contributed by atoms with Gasteiger partial charge in [-0.15, -0.1) is 11.3 Å². The molecule has 3 aromatic rings. The van der Waals surface area contributed by atoms with Gasteiger partial charge in [0.15, 0.2) is 5.16 Å². The van der Waals surface area contributed by atoms with E-state index in [0.717, 1.165) is 32.3 Å². The van der Waals surface area contributed by atoms with E-state index in [9.17, 15) is 9.59 Å². The molecule has 1 N–H and O–H groups in total. The van der Waals surface area contributed by atoms with Gasteiger partial charge in [0.05, 0.1) is 27.7 Å². The molecule has 0 saturated carbocycles. The smallest absolute Gasteiger partial charge is 0.263 e. The molecule has 9 heteroatoms. The SMILES string of the molecule is CCn1c(S[C@@H](C)C(=O)Nc2c(C)nn(C)c2C)nc2sc(C)c(C)c2c1=O. The van der Waals surface area contributed by atoms with Crippen molar-refractivity contribution in [3.05, 3.63) is 32.2 Å². The van der Waals surface area contributed by atoms with Crippen molar-refractivity contribution in [2.75, 3.05) is 5.32 Å². The zero-order chi connectivity index (χ0) is 20.7. The molecule has 1 atom stereocenters. The van der Waals surface area contributed by atoms with Crippen LogP contribution in [0.15, 0.2) is 9.95 Å². The summed E-state index contributed by atoms with van der Waals surface area (Å²) in [4.78, 5) is 32.2. The molecule has 3 aromatic heterocycles. The molecule has 3 rings (SSSR count). The third-order valence-electron chi connectivity index (χ3n) is 4.98. The maximum atomic E-state index is 13.0. The number of carbonyl (C=O) groups is 1. The van der Waals surface area contributed by atoms with Crippen molar-refractivity contribution in [3.8, 4) is 0 Å². The van der Waals surface area contributed by atoms with E-state index in [1.54, 1.807) is 9.25 Å². The van der Waals surface area contributed by atoms with Crippen molar-refractivity contribution >= 4 is 44.9 Å². The average Bonchev–Trinajstić information content (AvgIpc) is 3.05. The normalized spacial score (nSPS) is 12.5. The van der Waals surface area contributed by atoms with Crippen LogP contribution in [0.2, 0.25) is 0 Å². The third kappa shape index (κ3) is 3.48. The molecule has 0 aliphatic rings. The molecule has 7 nitrogen and oxygen atoms in total. The first-order valence-electron chi connectivity index (χ1n) is 9.13. The number of fused-ring (bicyclic) bond motifs is 1. The fourth-order valence-electron chi connectivity index (χ4n) is 3.07. The summed E-state index contributed by atoms with van der Waals surface area (Å²) in [7, 11) is 1.85. The molecule has 0 unspecified atom stereocenters. The molecule has 28 heavy (non-hydrogen) atoms. The lowest BCUT2D eigenvalue weighted by Gasteiger charge is -2.15. The Morgan fingerprint density at radius 3 is 2.54 bits per heavy atom. The minimum atomic E-state index is -0.414. The zero-order valence-electron chi connectivity index (χ0n) is 17.2. The Labute approximate surface area is 172 Å². The predicted molar refractivity (Wildman–Crippen MR) is 116 cm³/mol. The average molecular weight is 420 g/mol. The Kier molecular flexibility index (Phi) is 5.67. The molecule has 0 aliphatic heterocycles. The second-order valence-electron chi connectivity index (χ2n) is 6.83. The lowest BCUT2D eigenvalue weighted by atomic mass is 10.2. The van der Waals surface area contributed by atoms with Gasteiger partial charge < -0.3 is 5.32 Å². The van der Waals surface area contributed by atoms with Gasteiger partial charge in [-0.3, -0.25) is 18.8 Å². The molecule has 1 amide bonds. The number of aromatic nitrogens is 4. The highest BCUT2D eigenvalue weighted by atomic mass is 32.2. The predicted octanol–water partition coefficient (Wildman–Crippen LogP) is 3.56. The van der Waals surface area contributed by atoms with Crippen LogP contribution in [-0.4, -0.2) is 30.5 Å². The molecule has 0 bridgehead atoms. The number of aryl methyl sites for hydroxylation is 4. The highest BCUT2D eigenvalue weighted by Crippen LogP contribution is 2.30. The van der Waals surface area contributed by atoms with E-state index in [0.29, 0.717) is 17.1 Å². The van der Waals surface area contributed by atoms with Crippen LogP contribution in [0.5, 0.6) is 0 Å². The number of nitrogens with one attached hydrogen (secondary N) is 1. The Bertz CT molecular complexity index is 1130. The molecule has 3 heterocycles. The van der Waals surface area contributed by atoms with Crippen LogP contribution in [0.3, 0.4) is 0 Å². The van der Waals surface area contributed by atoms with E-state index < -0.39 is 5.25 Å². The number of nitrogens with zero attached hydrogens (tertiary/aromatic N) is 4. The lowest BCUT2D eigenvalue weighted by molar-refractivity contribution is -0.115. The van der Waals surface area contributed by atoms with Crippen LogP contribution < -0.4 is 10.9 Å². The first-order chi connectivity index (χ1) is 13.1. The second-order valence-corrected chi connectivity index (χ2v) is 9.34. The minimum absolute atomic E-state index is 0.0385. The second kappa shape index (κ2) is 7.71. The largest absolute Gasteiger partial charge is 0.322 e. The van der Waals surface area contributed by atoms with Crippen molar-refractivity contribution in [1.29, 1.82) is 0 Å². The van der Waals surface area contributed by atoms with Gasteiger partial charge in [-0.2, -0.15) is 5.10 Å². The topological polar surface area (TPSA) is 81.8 Å². The van der Waals surface area contributed by atoms with Gasteiger partial charge in [-0.25, -0.2) is 4.98 Å². The van der Waals surface area contributed by atoms with E-state index in [2.05, 4.69) is 10.4 Å². The Morgan fingerprint density at radius 1 is 1.29 bits per heavy atom. The first-order valence-corrected chi connectivity index (χ1v) is 10.8. The number of anilines is 1. The number of thioether (sulfide) groups is 1. The lowest BCUT2D eigenvalue weighted by Crippen LogP contribution is -2.26. The van der Waals surface area contributed by atoms with E-state index in [4.69, 9.17) is 4.98 Å². The number of thiophene rings is 1. The van der Waals surface area contributed by atoms with Gasteiger partial charge in [0.1, 0.15) is 4.83 Å². The fourth-order valence-corrected chi connectivity index (χ4v) is 5.11. The number of hydrogen-bond donors (Lipinski definition) is 1. The summed E-state index contributed by atoms with van der Waals surface area (Å²) in [6.07, 6.45) is 0. The maximum Gasteiger partial charge on any atom is 0.263 e.